The third kappa shape index (κ3) is 8.95. The molecule has 0 radical (unpaired) electrons. The van der Waals surface area contributed by atoms with E-state index < -0.39 is 11.6 Å². The van der Waals surface area contributed by atoms with Gasteiger partial charge in [0.05, 0.1) is 15.8 Å². The van der Waals surface area contributed by atoms with Crippen molar-refractivity contribution < 1.29 is 43.7 Å². The number of phenols is 2. The summed E-state index contributed by atoms with van der Waals surface area (Å²) in [5.74, 6) is -0.842. The van der Waals surface area contributed by atoms with Crippen LogP contribution in [-0.2, 0) is 26.5 Å². The number of nitrogens with one attached hydrogen (secondary N) is 3. The highest BCUT2D eigenvalue weighted by molar-refractivity contribution is 7.17. The molecule has 1 spiro atoms. The van der Waals surface area contributed by atoms with Crippen molar-refractivity contribution in [3.8, 4) is 23.0 Å². The van der Waals surface area contributed by atoms with Crippen LogP contribution in [0.25, 0.3) is 10.2 Å². The van der Waals surface area contributed by atoms with Crippen molar-refractivity contribution in [1.29, 1.82) is 0 Å². The van der Waals surface area contributed by atoms with Crippen molar-refractivity contribution >= 4 is 56.8 Å². The number of fused-ring (bicyclic) bond motifs is 7. The minimum Gasteiger partial charge on any atom is -0.508 e. The third-order valence-corrected chi connectivity index (χ3v) is 14.0. The van der Waals surface area contributed by atoms with Gasteiger partial charge in [0, 0.05) is 71.7 Å². The summed E-state index contributed by atoms with van der Waals surface area (Å²) in [6.07, 6.45) is 5.99. The van der Waals surface area contributed by atoms with Crippen molar-refractivity contribution in [2.24, 2.45) is 5.92 Å². The first-order valence-electron chi connectivity index (χ1n) is 23.0. The van der Waals surface area contributed by atoms with E-state index in [0.29, 0.717) is 73.3 Å². The number of carbonyl (C=O) groups is 5. The van der Waals surface area contributed by atoms with Crippen molar-refractivity contribution in [1.82, 2.24) is 20.5 Å². The molecule has 346 valence electrons. The number of unbranched alkanes of at least 4 members (excludes halogenated alkanes) is 3. The molecule has 15 heteroatoms. The monoisotopic (exact) mass is 923 g/mol. The number of carbonyl (C=O) groups excluding carboxylic acids is 5. The number of ether oxygens (including phenoxy) is 2. The molecule has 67 heavy (non-hydrogen) atoms. The summed E-state index contributed by atoms with van der Waals surface area (Å²) in [7, 11) is 0. The van der Waals surface area contributed by atoms with Gasteiger partial charge in [0.15, 0.2) is 5.60 Å². The number of hydrogen-bond acceptors (Lipinski definition) is 10. The molecular weight excluding hydrogens is 871 g/mol. The number of thiophene rings is 1. The van der Waals surface area contributed by atoms with Crippen LogP contribution in [0, 0.1) is 12.8 Å². The topological polar surface area (TPSA) is 189 Å². The van der Waals surface area contributed by atoms with Crippen LogP contribution in [0.2, 0.25) is 0 Å². The molecule has 5 N–H and O–H groups in total. The van der Waals surface area contributed by atoms with Gasteiger partial charge in [-0.15, -0.1) is 11.3 Å². The second kappa shape index (κ2) is 19.0. The zero-order valence-electron chi connectivity index (χ0n) is 37.4. The molecule has 1 fully saturated rings. The maximum Gasteiger partial charge on any atom is 0.340 e. The molecule has 0 unspecified atom stereocenters. The van der Waals surface area contributed by atoms with Gasteiger partial charge in [0.1, 0.15) is 35.2 Å². The van der Waals surface area contributed by atoms with E-state index in [1.54, 1.807) is 29.2 Å². The molecule has 4 amide bonds. The van der Waals surface area contributed by atoms with Crippen molar-refractivity contribution in [2.75, 3.05) is 24.5 Å². The van der Waals surface area contributed by atoms with Gasteiger partial charge in [0.25, 0.3) is 11.8 Å². The van der Waals surface area contributed by atoms with Gasteiger partial charge in [-0.05, 0) is 124 Å². The Bertz CT molecular complexity index is 2840. The number of aromatic nitrogens is 1. The number of nitrogens with zero attached hydrogens (tertiary/aromatic N) is 2. The number of aromatic hydroxyl groups is 2. The van der Waals surface area contributed by atoms with Gasteiger partial charge in [0.2, 0.25) is 11.8 Å². The molecule has 1 aliphatic carbocycles. The molecule has 4 heterocycles. The number of aryl methyl sites for hydroxylation is 1. The molecule has 0 bridgehead atoms. The van der Waals surface area contributed by atoms with Crippen molar-refractivity contribution in [2.45, 2.75) is 83.4 Å². The number of esters is 1. The van der Waals surface area contributed by atoms with E-state index in [4.69, 9.17) is 9.47 Å². The standard InChI is InChI=1S/C52H53N5O9S/c1-3-56(35-10-8-9-31(2)25-35)47(60)30-57-42-21-24-67-46(42)29-43(57)50(63)55-34-14-11-32(12-15-34)48(61)53-22-6-4-5-7-23-54-49(62)33-13-18-39-38(26-33)51(64)66-52(39)40-19-16-36(58)27-44(40)65-45-28-37(59)17-20-41(45)52/h8-10,13,16-21,24-29,32,34,58-59H,3-7,11-12,14-15,22-23,30H2,1-2H3,(H,53,61)(H,54,62)(H,55,63)/t32-,34-. The Morgan fingerprint density at radius 3 is 2.16 bits per heavy atom. The van der Waals surface area contributed by atoms with E-state index in [-0.39, 0.29) is 70.7 Å². The molecule has 0 saturated heterocycles. The van der Waals surface area contributed by atoms with Crippen LogP contribution in [0.15, 0.2) is 96.4 Å². The molecule has 6 aromatic rings. The number of anilines is 1. The number of amides is 4. The lowest BCUT2D eigenvalue weighted by atomic mass is 9.77. The maximum atomic E-state index is 13.7. The number of hydrogen-bond donors (Lipinski definition) is 5. The Hall–Kier alpha value is -7.13. The largest absolute Gasteiger partial charge is 0.508 e. The van der Waals surface area contributed by atoms with Crippen LogP contribution < -0.4 is 25.6 Å². The lowest BCUT2D eigenvalue weighted by Crippen LogP contribution is -2.42. The smallest absolute Gasteiger partial charge is 0.340 e. The predicted molar refractivity (Wildman–Crippen MR) is 254 cm³/mol. The lowest BCUT2D eigenvalue weighted by Gasteiger charge is -2.36. The van der Waals surface area contributed by atoms with E-state index in [1.165, 1.54) is 41.7 Å². The van der Waals surface area contributed by atoms with Gasteiger partial charge >= 0.3 is 5.97 Å². The number of likely N-dealkylation sites (N-methyl/N-ethyl adjacent to an activating group) is 1. The average Bonchev–Trinajstić information content (AvgIpc) is 4.00. The summed E-state index contributed by atoms with van der Waals surface area (Å²) in [5, 5.41) is 31.5. The van der Waals surface area contributed by atoms with Gasteiger partial charge < -0.3 is 45.1 Å². The number of phenolic OH excluding ortho intramolecular Hbond substituents is 2. The fourth-order valence-electron chi connectivity index (χ4n) is 9.72. The Kier molecular flexibility index (Phi) is 12.8. The zero-order chi connectivity index (χ0) is 46.8. The van der Waals surface area contributed by atoms with Crippen molar-refractivity contribution in [3.05, 3.63) is 135 Å². The molecule has 0 atom stereocenters. The highest BCUT2D eigenvalue weighted by atomic mass is 32.1. The van der Waals surface area contributed by atoms with Crippen LogP contribution in [0.5, 0.6) is 23.0 Å². The first kappa shape index (κ1) is 45.0. The van der Waals surface area contributed by atoms with Crippen LogP contribution in [0.3, 0.4) is 0 Å². The van der Waals surface area contributed by atoms with Gasteiger partial charge in [-0.3, -0.25) is 19.2 Å². The van der Waals surface area contributed by atoms with Gasteiger partial charge in [-0.2, -0.15) is 0 Å². The van der Waals surface area contributed by atoms with Crippen LogP contribution >= 0.6 is 11.3 Å². The highest BCUT2D eigenvalue weighted by Crippen LogP contribution is 2.57. The first-order chi connectivity index (χ1) is 32.4. The second-order valence-electron chi connectivity index (χ2n) is 17.5. The molecule has 2 aliphatic heterocycles. The van der Waals surface area contributed by atoms with E-state index in [0.717, 1.165) is 47.2 Å². The molecule has 9 rings (SSSR count). The van der Waals surface area contributed by atoms with E-state index >= 15 is 0 Å². The summed E-state index contributed by atoms with van der Waals surface area (Å²) in [4.78, 5) is 68.8. The summed E-state index contributed by atoms with van der Waals surface area (Å²) < 4.78 is 14.9. The van der Waals surface area contributed by atoms with E-state index in [1.807, 2.05) is 60.2 Å². The fraction of sp³-hybridized carbons (Fsp3) is 0.327. The third-order valence-electron chi connectivity index (χ3n) is 13.1. The Morgan fingerprint density at radius 2 is 1.48 bits per heavy atom. The molecule has 1 saturated carbocycles. The van der Waals surface area contributed by atoms with Crippen LogP contribution in [0.4, 0.5) is 5.69 Å². The Labute approximate surface area is 391 Å². The first-order valence-corrected chi connectivity index (χ1v) is 23.8. The molecule has 14 nitrogen and oxygen atoms in total. The Balaban J connectivity index is 0.700. The Morgan fingerprint density at radius 1 is 0.791 bits per heavy atom. The quantitative estimate of drug-likeness (QED) is 0.0498. The normalized spacial score (nSPS) is 16.6. The average molecular weight is 924 g/mol. The van der Waals surface area contributed by atoms with Crippen molar-refractivity contribution in [3.63, 3.8) is 0 Å². The van der Waals surface area contributed by atoms with Crippen LogP contribution in [-0.4, -0.2) is 70.1 Å². The highest BCUT2D eigenvalue weighted by Gasteiger charge is 2.54. The number of rotatable bonds is 15. The fourth-order valence-corrected chi connectivity index (χ4v) is 10.5. The lowest BCUT2D eigenvalue weighted by molar-refractivity contribution is -0.126. The minimum atomic E-state index is -1.40. The SMILES string of the molecule is CCN(C(=O)Cn1c(C(=O)N[C@H]2CC[C@H](C(=O)NCCCCCCNC(=O)c3ccc4c(c3)C(=O)OC43c4ccc(O)cc4Oc4cc(O)ccc43)CC2)cc2sccc21)c1cccc(C)c1. The minimum absolute atomic E-state index is 0.0340. The predicted octanol–water partition coefficient (Wildman–Crippen LogP) is 8.44. The molecule has 4 aromatic carbocycles. The van der Waals surface area contributed by atoms with Crippen LogP contribution in [0.1, 0.15) is 112 Å². The molecule has 2 aromatic heterocycles. The summed E-state index contributed by atoms with van der Waals surface area (Å²) in [6, 6.07) is 25.6. The summed E-state index contributed by atoms with van der Waals surface area (Å²) >= 11 is 1.54. The van der Waals surface area contributed by atoms with E-state index in [2.05, 4.69) is 16.0 Å². The molecular formula is C52H53N5O9S. The second-order valence-corrected chi connectivity index (χ2v) is 18.5. The summed E-state index contributed by atoms with van der Waals surface area (Å²) in [6.45, 7) is 5.49. The van der Waals surface area contributed by atoms with Gasteiger partial charge in [-0.25, -0.2) is 4.79 Å². The van der Waals surface area contributed by atoms with Gasteiger partial charge in [-0.1, -0.05) is 31.0 Å². The number of benzene rings is 4. The zero-order valence-corrected chi connectivity index (χ0v) is 38.2. The summed E-state index contributed by atoms with van der Waals surface area (Å²) in [5.41, 5.74) is 3.89. The van der Waals surface area contributed by atoms with E-state index in [9.17, 15) is 34.2 Å². The molecule has 3 aliphatic rings. The maximum absolute atomic E-state index is 13.7.